The van der Waals surface area contributed by atoms with Crippen LogP contribution in [0.3, 0.4) is 0 Å². The van der Waals surface area contributed by atoms with E-state index >= 15 is 0 Å². The number of rotatable bonds is 7. The van der Waals surface area contributed by atoms with E-state index in [1.165, 1.54) is 49.5 Å². The molecule has 2 aromatic rings. The van der Waals surface area contributed by atoms with Crippen molar-refractivity contribution in [2.75, 3.05) is 5.32 Å². The lowest BCUT2D eigenvalue weighted by Crippen LogP contribution is -2.30. The third-order valence-corrected chi connectivity index (χ3v) is 5.34. The number of hydrogen-bond acceptors (Lipinski definition) is 6. The molecule has 0 radical (unpaired) electrons. The number of benzene rings is 1. The first kappa shape index (κ1) is 21.8. The molecule has 1 atom stereocenters. The van der Waals surface area contributed by atoms with Gasteiger partial charge in [0.05, 0.1) is 10.5 Å². The molecule has 1 amide bonds. The summed E-state index contributed by atoms with van der Waals surface area (Å²) < 4.78 is 31.7. The normalized spacial score (nSPS) is 12.5. The summed E-state index contributed by atoms with van der Waals surface area (Å²) in [6.07, 6.45) is 0.175. The molecular weight excluding hydrogens is 406 g/mol. The fourth-order valence-corrected chi connectivity index (χ4v) is 3.48. The van der Waals surface area contributed by atoms with Crippen LogP contribution in [-0.2, 0) is 19.6 Å². The Labute approximate surface area is 168 Å². The Morgan fingerprint density at radius 3 is 2.25 bits per heavy atom. The van der Waals surface area contributed by atoms with Crippen LogP contribution in [0.1, 0.15) is 31.1 Å². The molecule has 8 nitrogen and oxygen atoms in total. The smallest absolute Gasteiger partial charge is 0.340 e. The number of ether oxygens (including phenoxy) is 1. The summed E-state index contributed by atoms with van der Waals surface area (Å²) in [6, 6.07) is 8.27. The molecule has 1 heterocycles. The zero-order chi connectivity index (χ0) is 20.9. The van der Waals surface area contributed by atoms with Crippen LogP contribution in [0.4, 0.5) is 5.69 Å². The molecule has 1 aromatic carbocycles. The van der Waals surface area contributed by atoms with Crippen molar-refractivity contribution in [1.29, 1.82) is 0 Å². The minimum Gasteiger partial charge on any atom is -0.449 e. The number of nitrogens with zero attached hydrogens (tertiary/aromatic N) is 1. The fraction of sp³-hybridized carbons (Fsp3) is 0.278. The van der Waals surface area contributed by atoms with Crippen molar-refractivity contribution in [3.8, 4) is 0 Å². The van der Waals surface area contributed by atoms with Gasteiger partial charge in [-0.3, -0.25) is 4.79 Å². The summed E-state index contributed by atoms with van der Waals surface area (Å²) in [7, 11) is -3.62. The second-order valence-corrected chi connectivity index (χ2v) is 8.31. The molecule has 0 aliphatic heterocycles. The number of amides is 1. The first-order valence-corrected chi connectivity index (χ1v) is 10.2. The average Bonchev–Trinajstić information content (AvgIpc) is 2.61. The van der Waals surface area contributed by atoms with Gasteiger partial charge in [0, 0.05) is 17.9 Å². The highest BCUT2D eigenvalue weighted by Crippen LogP contribution is 2.15. The molecule has 0 saturated heterocycles. The number of pyridine rings is 1. The van der Waals surface area contributed by atoms with Crippen molar-refractivity contribution < 1.29 is 22.7 Å². The number of hydrogen-bond donors (Lipinski definition) is 2. The number of aromatic nitrogens is 1. The Morgan fingerprint density at radius 2 is 1.71 bits per heavy atom. The summed E-state index contributed by atoms with van der Waals surface area (Å²) in [5, 5.41) is 2.79. The SMILES string of the molecule is CC(C)NS(=O)(=O)c1ccc(NC(=O)C(C)OC(=O)c2ccc(Cl)nc2)cc1. The van der Waals surface area contributed by atoms with Gasteiger partial charge in [0.1, 0.15) is 5.15 Å². The average molecular weight is 426 g/mol. The van der Waals surface area contributed by atoms with E-state index in [4.69, 9.17) is 16.3 Å². The summed E-state index contributed by atoms with van der Waals surface area (Å²) >= 11 is 5.66. The standard InChI is InChI=1S/C18H20ClN3O5S/c1-11(2)22-28(25,26)15-7-5-14(6-8-15)21-17(23)12(3)27-18(24)13-4-9-16(19)20-10-13/h4-12,22H,1-3H3,(H,21,23). The molecule has 0 bridgehead atoms. The highest BCUT2D eigenvalue weighted by molar-refractivity contribution is 7.89. The number of esters is 1. The van der Waals surface area contributed by atoms with Crippen molar-refractivity contribution in [3.05, 3.63) is 53.3 Å². The van der Waals surface area contributed by atoms with Crippen LogP contribution < -0.4 is 10.0 Å². The van der Waals surface area contributed by atoms with Gasteiger partial charge in [-0.1, -0.05) is 11.6 Å². The van der Waals surface area contributed by atoms with Crippen molar-refractivity contribution in [3.63, 3.8) is 0 Å². The molecule has 28 heavy (non-hydrogen) atoms. The molecule has 2 N–H and O–H groups in total. The molecule has 1 aromatic heterocycles. The molecule has 150 valence electrons. The lowest BCUT2D eigenvalue weighted by Gasteiger charge is -2.14. The number of anilines is 1. The van der Waals surface area contributed by atoms with Crippen molar-refractivity contribution in [2.24, 2.45) is 0 Å². The van der Waals surface area contributed by atoms with Crippen LogP contribution in [0, 0.1) is 0 Å². The highest BCUT2D eigenvalue weighted by atomic mass is 35.5. The van der Waals surface area contributed by atoms with Gasteiger partial charge in [-0.25, -0.2) is 22.9 Å². The molecule has 1 unspecified atom stereocenters. The second-order valence-electron chi connectivity index (χ2n) is 6.21. The first-order valence-electron chi connectivity index (χ1n) is 8.34. The Hall–Kier alpha value is -2.49. The number of carbonyl (C=O) groups excluding carboxylic acids is 2. The van der Waals surface area contributed by atoms with Gasteiger partial charge < -0.3 is 10.1 Å². The van der Waals surface area contributed by atoms with Crippen LogP contribution >= 0.6 is 11.6 Å². The Bertz CT molecular complexity index is 944. The zero-order valence-electron chi connectivity index (χ0n) is 15.5. The summed E-state index contributed by atoms with van der Waals surface area (Å²) in [5.41, 5.74) is 0.529. The number of halogens is 1. The van der Waals surface area contributed by atoms with Crippen LogP contribution in [0.25, 0.3) is 0 Å². The van der Waals surface area contributed by atoms with Crippen LogP contribution in [0.15, 0.2) is 47.5 Å². The van der Waals surface area contributed by atoms with E-state index in [-0.39, 0.29) is 21.7 Å². The zero-order valence-corrected chi connectivity index (χ0v) is 17.0. The summed E-state index contributed by atoms with van der Waals surface area (Å²) in [6.45, 7) is 4.85. The summed E-state index contributed by atoms with van der Waals surface area (Å²) in [5.74, 6) is -1.28. The van der Waals surface area contributed by atoms with E-state index in [2.05, 4.69) is 15.0 Å². The molecule has 2 rings (SSSR count). The predicted molar refractivity (Wildman–Crippen MR) is 105 cm³/mol. The van der Waals surface area contributed by atoms with E-state index in [1.54, 1.807) is 13.8 Å². The summed E-state index contributed by atoms with van der Waals surface area (Å²) in [4.78, 5) is 28.1. The molecule has 0 fully saturated rings. The minimum absolute atomic E-state index is 0.0777. The second kappa shape index (κ2) is 9.13. The Kier molecular flexibility index (Phi) is 7.11. The quantitative estimate of drug-likeness (QED) is 0.520. The fourth-order valence-electron chi connectivity index (χ4n) is 2.12. The third kappa shape index (κ3) is 6.01. The van der Waals surface area contributed by atoms with Gasteiger partial charge in [-0.15, -0.1) is 0 Å². The number of sulfonamides is 1. The van der Waals surface area contributed by atoms with E-state index in [0.717, 1.165) is 0 Å². The predicted octanol–water partition coefficient (Wildman–Crippen LogP) is 2.61. The third-order valence-electron chi connectivity index (χ3n) is 3.44. The maximum absolute atomic E-state index is 12.2. The van der Waals surface area contributed by atoms with Crippen LogP contribution in [0.5, 0.6) is 0 Å². The van der Waals surface area contributed by atoms with Crippen LogP contribution in [0.2, 0.25) is 5.15 Å². The lowest BCUT2D eigenvalue weighted by molar-refractivity contribution is -0.123. The van der Waals surface area contributed by atoms with E-state index in [9.17, 15) is 18.0 Å². The number of carbonyl (C=O) groups is 2. The van der Waals surface area contributed by atoms with E-state index in [1.807, 2.05) is 0 Å². The molecule has 10 heteroatoms. The maximum Gasteiger partial charge on any atom is 0.340 e. The van der Waals surface area contributed by atoms with E-state index < -0.39 is 28.0 Å². The van der Waals surface area contributed by atoms with Crippen molar-refractivity contribution >= 4 is 39.2 Å². The lowest BCUT2D eigenvalue weighted by atomic mass is 10.2. The molecule has 0 aliphatic rings. The van der Waals surface area contributed by atoms with Gasteiger partial charge in [-0.05, 0) is 57.2 Å². The van der Waals surface area contributed by atoms with E-state index in [0.29, 0.717) is 5.69 Å². The van der Waals surface area contributed by atoms with Crippen molar-refractivity contribution in [2.45, 2.75) is 37.8 Å². The topological polar surface area (TPSA) is 114 Å². The molecule has 0 spiro atoms. The largest absolute Gasteiger partial charge is 0.449 e. The maximum atomic E-state index is 12.2. The van der Waals surface area contributed by atoms with Gasteiger partial charge in [0.15, 0.2) is 6.10 Å². The molecule has 0 aliphatic carbocycles. The highest BCUT2D eigenvalue weighted by Gasteiger charge is 2.20. The van der Waals surface area contributed by atoms with Gasteiger partial charge in [0.25, 0.3) is 5.91 Å². The number of nitrogens with one attached hydrogen (secondary N) is 2. The van der Waals surface area contributed by atoms with Crippen molar-refractivity contribution in [1.82, 2.24) is 9.71 Å². The Morgan fingerprint density at radius 1 is 1.07 bits per heavy atom. The Balaban J connectivity index is 1.98. The minimum atomic E-state index is -3.62. The molecule has 0 saturated carbocycles. The van der Waals surface area contributed by atoms with Gasteiger partial charge in [0.2, 0.25) is 10.0 Å². The molecular formula is C18H20ClN3O5S. The monoisotopic (exact) mass is 425 g/mol. The first-order chi connectivity index (χ1) is 13.1. The van der Waals surface area contributed by atoms with Gasteiger partial charge in [-0.2, -0.15) is 0 Å². The van der Waals surface area contributed by atoms with Gasteiger partial charge >= 0.3 is 5.97 Å². The van der Waals surface area contributed by atoms with Crippen LogP contribution in [-0.4, -0.2) is 37.4 Å².